The zero-order chi connectivity index (χ0) is 12.1. The molecule has 0 aromatic heterocycles. The summed E-state index contributed by atoms with van der Waals surface area (Å²) in [6.07, 6.45) is 7.19. The molecule has 0 spiro atoms. The molecule has 17 heavy (non-hydrogen) atoms. The highest BCUT2D eigenvalue weighted by molar-refractivity contribution is 5.82. The highest BCUT2D eigenvalue weighted by Gasteiger charge is 1.91. The van der Waals surface area contributed by atoms with Crippen molar-refractivity contribution >= 4 is 11.9 Å². The Balaban J connectivity index is 2.23. The third-order valence-electron chi connectivity index (χ3n) is 2.42. The highest BCUT2D eigenvalue weighted by atomic mass is 14.7. The van der Waals surface area contributed by atoms with Crippen molar-refractivity contribution in [3.8, 4) is 12.3 Å². The van der Waals surface area contributed by atoms with E-state index < -0.39 is 0 Å². The first-order valence-electron chi connectivity index (χ1n) is 5.45. The van der Waals surface area contributed by atoms with Crippen LogP contribution in [0.1, 0.15) is 16.7 Å². The first-order valence-corrected chi connectivity index (χ1v) is 5.45. The molecule has 0 N–H and O–H groups in total. The summed E-state index contributed by atoms with van der Waals surface area (Å²) in [6.45, 7) is 2.07. The smallest absolute Gasteiger partial charge is 0.0642 e. The van der Waals surface area contributed by atoms with Crippen LogP contribution in [0.3, 0.4) is 0 Å². The highest BCUT2D eigenvalue weighted by Crippen LogP contribution is 2.13. The lowest BCUT2D eigenvalue weighted by Gasteiger charge is -1.96. The van der Waals surface area contributed by atoms with E-state index in [-0.39, 0.29) is 0 Å². The topological polar surface area (TPSA) is 12.4 Å². The van der Waals surface area contributed by atoms with Gasteiger partial charge >= 0.3 is 0 Å². The first-order chi connectivity index (χ1) is 8.28. The van der Waals surface area contributed by atoms with E-state index in [0.717, 1.165) is 16.8 Å². The van der Waals surface area contributed by atoms with Gasteiger partial charge in [0.2, 0.25) is 0 Å². The van der Waals surface area contributed by atoms with E-state index in [9.17, 15) is 0 Å². The van der Waals surface area contributed by atoms with E-state index in [2.05, 4.69) is 30.0 Å². The lowest BCUT2D eigenvalue weighted by atomic mass is 10.1. The molecule has 82 valence electrons. The maximum atomic E-state index is 5.34. The maximum Gasteiger partial charge on any atom is 0.0642 e. The third-order valence-corrected chi connectivity index (χ3v) is 2.42. The molecule has 0 bridgehead atoms. The predicted molar refractivity (Wildman–Crippen MR) is 72.8 cm³/mol. The summed E-state index contributed by atoms with van der Waals surface area (Å²) in [7, 11) is 0. The number of rotatable bonds is 2. The van der Waals surface area contributed by atoms with Gasteiger partial charge in [-0.15, -0.1) is 6.42 Å². The third kappa shape index (κ3) is 3.06. The number of hydrogen-bond donors (Lipinski definition) is 0. The van der Waals surface area contributed by atoms with Crippen molar-refractivity contribution in [2.75, 3.05) is 0 Å². The van der Waals surface area contributed by atoms with Gasteiger partial charge in [0.25, 0.3) is 0 Å². The monoisotopic (exact) mass is 219 g/mol. The van der Waals surface area contributed by atoms with Gasteiger partial charge < -0.3 is 0 Å². The quantitative estimate of drug-likeness (QED) is 0.539. The van der Waals surface area contributed by atoms with Crippen molar-refractivity contribution in [2.45, 2.75) is 6.92 Å². The molecule has 2 aromatic carbocycles. The second-order valence-electron chi connectivity index (χ2n) is 3.87. The molecule has 1 nitrogen and oxygen atoms in total. The molecular weight excluding hydrogens is 206 g/mol. The molecule has 0 unspecified atom stereocenters. The minimum atomic E-state index is 0.851. The Labute approximate surface area is 102 Å². The Kier molecular flexibility index (Phi) is 3.37. The summed E-state index contributed by atoms with van der Waals surface area (Å²) in [5.74, 6) is 2.60. The Morgan fingerprint density at radius 3 is 2.71 bits per heavy atom. The first kappa shape index (κ1) is 11.2. The number of hydrogen-bond acceptors (Lipinski definition) is 1. The van der Waals surface area contributed by atoms with Gasteiger partial charge in [-0.2, -0.15) is 0 Å². The van der Waals surface area contributed by atoms with Crippen molar-refractivity contribution in [1.82, 2.24) is 0 Å². The van der Waals surface area contributed by atoms with Crippen molar-refractivity contribution < 1.29 is 0 Å². The predicted octanol–water partition coefficient (Wildman–Crippen LogP) is 3.73. The summed E-state index contributed by atoms with van der Waals surface area (Å²) in [6, 6.07) is 15.9. The van der Waals surface area contributed by atoms with E-state index in [1.807, 2.05) is 42.6 Å². The van der Waals surface area contributed by atoms with E-state index >= 15 is 0 Å². The number of terminal acetylenes is 1. The normalized spacial score (nSPS) is 10.4. The fourth-order valence-corrected chi connectivity index (χ4v) is 1.58. The minimum absolute atomic E-state index is 0.851. The molecule has 0 aliphatic rings. The molecule has 2 aromatic rings. The molecular formula is C16H13N. The molecule has 0 radical (unpaired) electrons. The van der Waals surface area contributed by atoms with Crippen molar-refractivity contribution in [2.24, 2.45) is 4.99 Å². The van der Waals surface area contributed by atoms with Crippen LogP contribution in [0.15, 0.2) is 53.5 Å². The molecule has 0 aliphatic heterocycles. The molecule has 0 saturated heterocycles. The van der Waals surface area contributed by atoms with Gasteiger partial charge in [0.1, 0.15) is 0 Å². The standard InChI is InChI=1S/C16H13N/c1-3-14-7-5-9-16(11-14)17-12-15-8-4-6-13(2)10-15/h1,4-12H,2H3. The van der Waals surface area contributed by atoms with E-state index in [1.54, 1.807) is 0 Å². The molecule has 2 rings (SSSR count). The molecule has 0 atom stereocenters. The van der Waals surface area contributed by atoms with Crippen molar-refractivity contribution in [3.05, 3.63) is 65.2 Å². The average molecular weight is 219 g/mol. The molecule has 0 amide bonds. The lowest BCUT2D eigenvalue weighted by molar-refractivity contribution is 1.45. The SMILES string of the molecule is C#Cc1cccc(N=Cc2cccc(C)c2)c1. The van der Waals surface area contributed by atoms with E-state index in [4.69, 9.17) is 6.42 Å². The van der Waals surface area contributed by atoms with Crippen LogP contribution in [0.5, 0.6) is 0 Å². The largest absolute Gasteiger partial charge is 0.256 e. The molecule has 0 saturated carbocycles. The minimum Gasteiger partial charge on any atom is -0.256 e. The van der Waals surface area contributed by atoms with Gasteiger partial charge in [-0.3, -0.25) is 4.99 Å². The summed E-state index contributed by atoms with van der Waals surface area (Å²) in [5, 5.41) is 0. The number of benzene rings is 2. The fraction of sp³-hybridized carbons (Fsp3) is 0.0625. The lowest BCUT2D eigenvalue weighted by Crippen LogP contribution is -1.81. The van der Waals surface area contributed by atoms with Gasteiger partial charge in [0, 0.05) is 11.8 Å². The Bertz CT molecular complexity index is 588. The average Bonchev–Trinajstić information content (AvgIpc) is 2.37. The Morgan fingerprint density at radius 1 is 1.12 bits per heavy atom. The van der Waals surface area contributed by atoms with Crippen LogP contribution in [-0.4, -0.2) is 6.21 Å². The summed E-state index contributed by atoms with van der Waals surface area (Å²) in [4.78, 5) is 4.41. The molecule has 1 heteroatoms. The van der Waals surface area contributed by atoms with Crippen LogP contribution in [0.2, 0.25) is 0 Å². The Morgan fingerprint density at radius 2 is 1.94 bits per heavy atom. The second kappa shape index (κ2) is 5.14. The van der Waals surface area contributed by atoms with Crippen LogP contribution >= 0.6 is 0 Å². The second-order valence-corrected chi connectivity index (χ2v) is 3.87. The van der Waals surface area contributed by atoms with E-state index in [0.29, 0.717) is 0 Å². The maximum absolute atomic E-state index is 5.34. The number of nitrogens with zero attached hydrogens (tertiary/aromatic N) is 1. The van der Waals surface area contributed by atoms with Gasteiger partial charge in [-0.1, -0.05) is 41.8 Å². The van der Waals surface area contributed by atoms with Gasteiger partial charge in [-0.05, 0) is 30.7 Å². The molecule has 0 aliphatic carbocycles. The molecule has 0 heterocycles. The van der Waals surface area contributed by atoms with Gasteiger partial charge in [0.15, 0.2) is 0 Å². The van der Waals surface area contributed by atoms with Crippen LogP contribution < -0.4 is 0 Å². The number of aliphatic imine (C=N–C) groups is 1. The van der Waals surface area contributed by atoms with Crippen molar-refractivity contribution in [3.63, 3.8) is 0 Å². The van der Waals surface area contributed by atoms with Gasteiger partial charge in [0.05, 0.1) is 5.69 Å². The van der Waals surface area contributed by atoms with Gasteiger partial charge in [-0.25, -0.2) is 0 Å². The van der Waals surface area contributed by atoms with Crippen LogP contribution in [0.4, 0.5) is 5.69 Å². The van der Waals surface area contributed by atoms with Crippen molar-refractivity contribution in [1.29, 1.82) is 0 Å². The molecule has 0 fully saturated rings. The zero-order valence-corrected chi connectivity index (χ0v) is 9.72. The summed E-state index contributed by atoms with van der Waals surface area (Å²) < 4.78 is 0. The summed E-state index contributed by atoms with van der Waals surface area (Å²) >= 11 is 0. The van der Waals surface area contributed by atoms with E-state index in [1.165, 1.54) is 5.56 Å². The fourth-order valence-electron chi connectivity index (χ4n) is 1.58. The van der Waals surface area contributed by atoms with Crippen LogP contribution in [-0.2, 0) is 0 Å². The van der Waals surface area contributed by atoms with Crippen LogP contribution in [0.25, 0.3) is 0 Å². The Hall–Kier alpha value is -2.33. The number of aryl methyl sites for hydroxylation is 1. The van der Waals surface area contributed by atoms with Crippen LogP contribution in [0, 0.1) is 19.3 Å². The zero-order valence-electron chi connectivity index (χ0n) is 9.72. The summed E-state index contributed by atoms with van der Waals surface area (Å²) in [5.41, 5.74) is 4.05.